The number of esters is 3. The maximum Gasteiger partial charge on any atom is 0.303 e. The van der Waals surface area contributed by atoms with Crippen LogP contribution in [0.5, 0.6) is 0 Å². The number of methoxy groups -OCH3 is 1. The van der Waals surface area contributed by atoms with Crippen molar-refractivity contribution in [1.29, 1.82) is 0 Å². The summed E-state index contributed by atoms with van der Waals surface area (Å²) in [5, 5.41) is 3.83. The number of carbonyl (C=O) groups excluding carboxylic acids is 3. The van der Waals surface area contributed by atoms with E-state index >= 15 is 0 Å². The lowest BCUT2D eigenvalue weighted by Crippen LogP contribution is -2.63. The van der Waals surface area contributed by atoms with Gasteiger partial charge in [-0.1, -0.05) is 96.1 Å². The van der Waals surface area contributed by atoms with E-state index < -0.39 is 85.9 Å². The second-order valence-electron chi connectivity index (χ2n) is 13.1. The maximum atomic E-state index is 12.3. The molecule has 0 bridgehead atoms. The monoisotopic (exact) mass is 777 g/mol. The first-order valence-corrected chi connectivity index (χ1v) is 18.1. The summed E-state index contributed by atoms with van der Waals surface area (Å²) >= 11 is 0. The minimum Gasteiger partial charge on any atom is -0.463 e. The zero-order chi connectivity index (χ0) is 39.9. The second-order valence-corrected chi connectivity index (χ2v) is 13.1. The van der Waals surface area contributed by atoms with Crippen LogP contribution < -0.4 is 0 Å². The minimum atomic E-state index is -1.42. The topological polar surface area (TPSA) is 192 Å². The Kier molecular flexibility index (Phi) is 16.2. The third-order valence-electron chi connectivity index (χ3n) is 8.96. The van der Waals surface area contributed by atoms with Crippen LogP contribution in [0.2, 0.25) is 0 Å². The number of azide groups is 1. The first kappa shape index (κ1) is 42.2. The van der Waals surface area contributed by atoms with Crippen LogP contribution in [0.25, 0.3) is 10.4 Å². The van der Waals surface area contributed by atoms with E-state index in [0.29, 0.717) is 0 Å². The third kappa shape index (κ3) is 12.0. The molecule has 3 aromatic rings. The van der Waals surface area contributed by atoms with Gasteiger partial charge in [0.05, 0.1) is 26.4 Å². The molecule has 5 rings (SSSR count). The Morgan fingerprint density at radius 3 is 1.54 bits per heavy atom. The second kappa shape index (κ2) is 21.4. The van der Waals surface area contributed by atoms with E-state index in [1.807, 2.05) is 91.0 Å². The van der Waals surface area contributed by atoms with Crippen LogP contribution in [-0.2, 0) is 81.6 Å². The summed E-state index contributed by atoms with van der Waals surface area (Å²) < 4.78 is 60.8. The highest BCUT2D eigenvalue weighted by Gasteiger charge is 2.53. The largest absolute Gasteiger partial charge is 0.463 e. The highest BCUT2D eigenvalue weighted by Crippen LogP contribution is 2.34. The quantitative estimate of drug-likeness (QED) is 0.0554. The molecule has 0 saturated carbocycles. The van der Waals surface area contributed by atoms with Crippen molar-refractivity contribution in [2.45, 2.75) is 102 Å². The van der Waals surface area contributed by atoms with Crippen LogP contribution in [0, 0.1) is 0 Å². The number of carbonyl (C=O) groups is 3. The highest BCUT2D eigenvalue weighted by molar-refractivity contribution is 5.68. The molecule has 0 aromatic heterocycles. The standard InChI is InChI=1S/C40H47N3O13/c1-25(44)48-23-32-35(53-26(2)45)36(54-27(3)46)33(42-43-41)39(55-32)52-24-31-34(49-20-28-14-8-5-9-15-28)37(50-21-29-16-10-6-11-17-29)38(40(47-4)56-31)51-22-30-18-12-7-13-19-30/h5-19,31-40H,20-24H2,1-4H3/t31-,32-,33-,34-,35+,36-,37+,38-,39?,40+/m1/s1. The van der Waals surface area contributed by atoms with Gasteiger partial charge in [-0.3, -0.25) is 14.4 Å². The summed E-state index contributed by atoms with van der Waals surface area (Å²) in [6, 6.07) is 27.5. The fourth-order valence-electron chi connectivity index (χ4n) is 6.46. The van der Waals surface area contributed by atoms with Crippen molar-refractivity contribution in [3.63, 3.8) is 0 Å². The Morgan fingerprint density at radius 1 is 0.589 bits per heavy atom. The van der Waals surface area contributed by atoms with Crippen LogP contribution in [-0.4, -0.2) is 99.6 Å². The van der Waals surface area contributed by atoms with Crippen molar-refractivity contribution in [3.05, 3.63) is 118 Å². The Labute approximate surface area is 324 Å². The molecular formula is C40H47N3O13. The van der Waals surface area contributed by atoms with E-state index in [0.717, 1.165) is 30.5 Å². The Hall–Kier alpha value is -4.90. The molecular weight excluding hydrogens is 730 g/mol. The molecule has 1 unspecified atom stereocenters. The van der Waals surface area contributed by atoms with Gasteiger partial charge < -0.3 is 47.4 Å². The van der Waals surface area contributed by atoms with Crippen LogP contribution in [0.15, 0.2) is 96.1 Å². The van der Waals surface area contributed by atoms with Gasteiger partial charge in [0.2, 0.25) is 0 Å². The van der Waals surface area contributed by atoms with Crippen molar-refractivity contribution in [2.75, 3.05) is 20.3 Å². The number of rotatable bonds is 18. The van der Waals surface area contributed by atoms with Crippen molar-refractivity contribution >= 4 is 17.9 Å². The molecule has 0 aliphatic carbocycles. The summed E-state index contributed by atoms with van der Waals surface area (Å²) in [5.74, 6) is -2.14. The van der Waals surface area contributed by atoms with Crippen LogP contribution in [0.1, 0.15) is 37.5 Å². The predicted octanol–water partition coefficient (Wildman–Crippen LogP) is 4.96. The molecule has 300 valence electrons. The van der Waals surface area contributed by atoms with Crippen molar-refractivity contribution in [1.82, 2.24) is 0 Å². The van der Waals surface area contributed by atoms with Gasteiger partial charge in [-0.05, 0) is 22.2 Å². The maximum absolute atomic E-state index is 12.3. The number of hydrogen-bond donors (Lipinski definition) is 0. The lowest BCUT2D eigenvalue weighted by molar-refractivity contribution is -0.334. The molecule has 0 spiro atoms. The number of ether oxygens (including phenoxy) is 10. The molecule has 2 aliphatic rings. The van der Waals surface area contributed by atoms with Crippen LogP contribution in [0.4, 0.5) is 0 Å². The molecule has 3 aromatic carbocycles. The van der Waals surface area contributed by atoms with Crippen molar-refractivity contribution in [2.24, 2.45) is 5.11 Å². The lowest BCUT2D eigenvalue weighted by atomic mass is 9.96. The highest BCUT2D eigenvalue weighted by atomic mass is 16.7. The molecule has 16 heteroatoms. The SMILES string of the molecule is CO[C@H]1O[C@H](COC2O[C@H](COC(C)=O)[C@H](OC(C)=O)[C@H](OC(C)=O)[C@H]2N=[N+]=[N-])[C@@H](OCc2ccccc2)[C@H](OCc2ccccc2)[C@H]1OCc1ccccc1. The molecule has 56 heavy (non-hydrogen) atoms. The van der Waals surface area contributed by atoms with Crippen molar-refractivity contribution < 1.29 is 61.8 Å². The molecule has 2 heterocycles. The van der Waals surface area contributed by atoms with Crippen LogP contribution in [0.3, 0.4) is 0 Å². The molecule has 2 aliphatic heterocycles. The van der Waals surface area contributed by atoms with Gasteiger partial charge in [-0.15, -0.1) is 0 Å². The molecule has 0 amide bonds. The van der Waals surface area contributed by atoms with Gasteiger partial charge in [-0.2, -0.15) is 0 Å². The van der Waals surface area contributed by atoms with Gasteiger partial charge >= 0.3 is 17.9 Å². The first-order chi connectivity index (χ1) is 27.2. The summed E-state index contributed by atoms with van der Waals surface area (Å²) in [6.45, 7) is 3.42. The smallest absolute Gasteiger partial charge is 0.303 e. The molecule has 0 radical (unpaired) electrons. The number of hydrogen-bond acceptors (Lipinski definition) is 14. The lowest BCUT2D eigenvalue weighted by Gasteiger charge is -2.47. The average molecular weight is 778 g/mol. The Bertz CT molecular complexity index is 1730. The summed E-state index contributed by atoms with van der Waals surface area (Å²) in [6.07, 6.45) is -9.61. The van der Waals surface area contributed by atoms with Gasteiger partial charge in [0, 0.05) is 32.8 Å². The molecule has 2 saturated heterocycles. The minimum absolute atomic E-state index is 0.171. The van der Waals surface area contributed by atoms with Gasteiger partial charge in [0.25, 0.3) is 0 Å². The van der Waals surface area contributed by atoms with E-state index in [2.05, 4.69) is 10.0 Å². The molecule has 10 atom stereocenters. The summed E-state index contributed by atoms with van der Waals surface area (Å²) in [7, 11) is 1.49. The zero-order valence-electron chi connectivity index (χ0n) is 31.6. The van der Waals surface area contributed by atoms with Gasteiger partial charge in [0.1, 0.15) is 43.2 Å². The number of nitrogens with zero attached hydrogens (tertiary/aromatic N) is 3. The van der Waals surface area contributed by atoms with Gasteiger partial charge in [-0.25, -0.2) is 0 Å². The van der Waals surface area contributed by atoms with E-state index in [-0.39, 0.29) is 26.4 Å². The fourth-order valence-corrected chi connectivity index (χ4v) is 6.46. The van der Waals surface area contributed by atoms with E-state index in [1.54, 1.807) is 0 Å². The molecule has 16 nitrogen and oxygen atoms in total. The van der Waals surface area contributed by atoms with Crippen LogP contribution >= 0.6 is 0 Å². The summed E-state index contributed by atoms with van der Waals surface area (Å²) in [4.78, 5) is 39.2. The normalized spacial score (nSPS) is 27.4. The average Bonchev–Trinajstić information content (AvgIpc) is 3.19. The zero-order valence-corrected chi connectivity index (χ0v) is 31.6. The molecule has 2 fully saturated rings. The summed E-state index contributed by atoms with van der Waals surface area (Å²) in [5.41, 5.74) is 12.3. The first-order valence-electron chi connectivity index (χ1n) is 18.1. The van der Waals surface area contributed by atoms with E-state index in [9.17, 15) is 19.9 Å². The Morgan fingerprint density at radius 2 is 1.05 bits per heavy atom. The van der Waals surface area contributed by atoms with Gasteiger partial charge in [0.15, 0.2) is 24.8 Å². The fraction of sp³-hybridized carbons (Fsp3) is 0.475. The van der Waals surface area contributed by atoms with E-state index in [4.69, 9.17) is 47.4 Å². The molecule has 0 N–H and O–H groups in total. The third-order valence-corrected chi connectivity index (χ3v) is 8.96. The number of benzene rings is 3. The Balaban J connectivity index is 1.47. The van der Waals surface area contributed by atoms with E-state index in [1.165, 1.54) is 14.0 Å². The predicted molar refractivity (Wildman–Crippen MR) is 196 cm³/mol. The van der Waals surface area contributed by atoms with Crippen molar-refractivity contribution in [3.8, 4) is 0 Å².